The summed E-state index contributed by atoms with van der Waals surface area (Å²) in [6, 6.07) is 11.2. The number of nitrogens with two attached hydrogens (primary N) is 2. The summed E-state index contributed by atoms with van der Waals surface area (Å²) in [5, 5.41) is 1.28. The fourth-order valence-corrected chi connectivity index (χ4v) is 2.25. The Morgan fingerprint density at radius 2 is 1.77 bits per heavy atom. The first kappa shape index (κ1) is 14.2. The van der Waals surface area contributed by atoms with Gasteiger partial charge in [-0.15, -0.1) is 0 Å². The number of hydrogen-bond donors (Lipinski definition) is 2. The van der Waals surface area contributed by atoms with E-state index in [1.807, 2.05) is 0 Å². The first-order chi connectivity index (χ1) is 10.5. The third-order valence-corrected chi connectivity index (χ3v) is 3.23. The number of aliphatic imine (C=N–C) groups is 1. The number of hydrogen-bond acceptors (Lipinski definition) is 3. The van der Waals surface area contributed by atoms with Crippen LogP contribution in [-0.2, 0) is 0 Å². The lowest BCUT2D eigenvalue weighted by Gasteiger charge is -2.07. The van der Waals surface area contributed by atoms with Crippen molar-refractivity contribution in [2.75, 3.05) is 0 Å². The lowest BCUT2D eigenvalue weighted by molar-refractivity contribution is 0.628. The van der Waals surface area contributed by atoms with E-state index in [2.05, 4.69) is 15.0 Å². The molecule has 0 atom stereocenters. The summed E-state index contributed by atoms with van der Waals surface area (Å²) in [4.78, 5) is 12.5. The molecule has 0 aliphatic heterocycles. The quantitative estimate of drug-likeness (QED) is 0.562. The fraction of sp³-hybridized carbons (Fsp3) is 0. The zero-order valence-electron chi connectivity index (χ0n) is 11.3. The van der Waals surface area contributed by atoms with Crippen LogP contribution >= 0.6 is 11.6 Å². The van der Waals surface area contributed by atoms with Crippen molar-refractivity contribution in [3.05, 3.63) is 53.3 Å². The molecule has 0 aliphatic carbocycles. The Labute approximate surface area is 130 Å². The number of fused-ring (bicyclic) bond motifs is 1. The summed E-state index contributed by atoms with van der Waals surface area (Å²) >= 11 is 6.04. The largest absolute Gasteiger partial charge is 0.370 e. The summed E-state index contributed by atoms with van der Waals surface area (Å²) in [6.45, 7) is 0. The topological polar surface area (TPSA) is 90.2 Å². The van der Waals surface area contributed by atoms with Crippen molar-refractivity contribution in [1.82, 2.24) is 9.97 Å². The fourth-order valence-electron chi connectivity index (χ4n) is 2.08. The highest BCUT2D eigenvalue weighted by Crippen LogP contribution is 2.30. The van der Waals surface area contributed by atoms with Crippen molar-refractivity contribution in [2.24, 2.45) is 16.5 Å². The van der Waals surface area contributed by atoms with Gasteiger partial charge in [-0.25, -0.2) is 14.4 Å². The molecule has 0 unspecified atom stereocenters. The van der Waals surface area contributed by atoms with Gasteiger partial charge < -0.3 is 11.5 Å². The molecule has 0 saturated heterocycles. The number of rotatable bonds is 2. The van der Waals surface area contributed by atoms with Crippen molar-refractivity contribution < 1.29 is 4.39 Å². The van der Waals surface area contributed by atoms with Crippen LogP contribution in [0.2, 0.25) is 5.02 Å². The molecule has 5 nitrogen and oxygen atoms in total. The average molecular weight is 316 g/mol. The molecule has 4 N–H and O–H groups in total. The van der Waals surface area contributed by atoms with Gasteiger partial charge in [0.25, 0.3) is 5.95 Å². The van der Waals surface area contributed by atoms with Crippen LogP contribution in [0.15, 0.2) is 47.5 Å². The van der Waals surface area contributed by atoms with Crippen molar-refractivity contribution in [3.8, 4) is 11.3 Å². The summed E-state index contributed by atoms with van der Waals surface area (Å²) < 4.78 is 13.1. The van der Waals surface area contributed by atoms with E-state index in [1.165, 1.54) is 12.1 Å². The number of benzene rings is 2. The molecule has 0 fully saturated rings. The maximum absolute atomic E-state index is 13.1. The van der Waals surface area contributed by atoms with Gasteiger partial charge in [-0.1, -0.05) is 11.6 Å². The molecule has 3 rings (SSSR count). The average Bonchev–Trinajstić information content (AvgIpc) is 2.47. The highest BCUT2D eigenvalue weighted by Gasteiger charge is 2.10. The van der Waals surface area contributed by atoms with Gasteiger partial charge in [0.15, 0.2) is 5.96 Å². The maximum Gasteiger partial charge on any atom is 0.253 e. The molecule has 0 radical (unpaired) electrons. The third-order valence-electron chi connectivity index (χ3n) is 2.99. The molecule has 0 bridgehead atoms. The monoisotopic (exact) mass is 315 g/mol. The van der Waals surface area contributed by atoms with Gasteiger partial charge in [0.05, 0.1) is 11.2 Å². The molecule has 22 heavy (non-hydrogen) atoms. The van der Waals surface area contributed by atoms with Crippen LogP contribution < -0.4 is 11.5 Å². The van der Waals surface area contributed by atoms with Gasteiger partial charge in [0, 0.05) is 16.0 Å². The Kier molecular flexibility index (Phi) is 3.60. The van der Waals surface area contributed by atoms with E-state index in [-0.39, 0.29) is 17.7 Å². The van der Waals surface area contributed by atoms with Crippen LogP contribution in [0.5, 0.6) is 0 Å². The van der Waals surface area contributed by atoms with E-state index in [0.717, 1.165) is 5.39 Å². The summed E-state index contributed by atoms with van der Waals surface area (Å²) in [7, 11) is 0. The van der Waals surface area contributed by atoms with Gasteiger partial charge in [0.1, 0.15) is 5.82 Å². The lowest BCUT2D eigenvalue weighted by atomic mass is 10.1. The summed E-state index contributed by atoms with van der Waals surface area (Å²) in [6.07, 6.45) is 0. The van der Waals surface area contributed by atoms with Crippen LogP contribution in [0, 0.1) is 5.82 Å². The smallest absolute Gasteiger partial charge is 0.253 e. The second-order valence-corrected chi connectivity index (χ2v) is 5.01. The molecule has 0 amide bonds. The minimum absolute atomic E-state index is 0.133. The molecule has 1 aromatic heterocycles. The van der Waals surface area contributed by atoms with Crippen LogP contribution in [0.1, 0.15) is 0 Å². The minimum atomic E-state index is -0.329. The Balaban J connectivity index is 2.31. The lowest BCUT2D eigenvalue weighted by Crippen LogP contribution is -2.22. The standard InChI is InChI=1S/C15H11ClFN5/c16-9-3-6-12-11(7-9)13(8-1-4-10(17)5-2-8)21-15(20-12)22-14(18)19/h1-7H,(H4,18,19,20,21,22). The summed E-state index contributed by atoms with van der Waals surface area (Å²) in [5.74, 6) is -0.336. The number of nitrogens with zero attached hydrogens (tertiary/aromatic N) is 3. The minimum Gasteiger partial charge on any atom is -0.370 e. The van der Waals surface area contributed by atoms with E-state index in [1.54, 1.807) is 30.3 Å². The first-order valence-electron chi connectivity index (χ1n) is 6.36. The highest BCUT2D eigenvalue weighted by molar-refractivity contribution is 6.31. The number of guanidine groups is 1. The number of halogens is 2. The van der Waals surface area contributed by atoms with Gasteiger partial charge in [-0.2, -0.15) is 4.99 Å². The Hall–Kier alpha value is -2.73. The van der Waals surface area contributed by atoms with Gasteiger partial charge >= 0.3 is 0 Å². The van der Waals surface area contributed by atoms with Gasteiger partial charge in [-0.3, -0.25) is 0 Å². The van der Waals surface area contributed by atoms with E-state index < -0.39 is 0 Å². The third kappa shape index (κ3) is 2.82. The normalized spacial score (nSPS) is 10.6. The molecule has 0 saturated carbocycles. The van der Waals surface area contributed by atoms with Crippen molar-refractivity contribution in [3.63, 3.8) is 0 Å². The predicted octanol–water partition coefficient (Wildman–Crippen LogP) is 2.99. The van der Waals surface area contributed by atoms with Crippen LogP contribution in [-0.4, -0.2) is 15.9 Å². The molecule has 1 heterocycles. The molecular formula is C15H11ClFN5. The zero-order chi connectivity index (χ0) is 15.7. The molecule has 3 aromatic rings. The first-order valence-corrected chi connectivity index (χ1v) is 6.73. The second-order valence-electron chi connectivity index (χ2n) is 4.58. The molecule has 0 aliphatic rings. The van der Waals surface area contributed by atoms with E-state index in [0.29, 0.717) is 21.8 Å². The molecular weight excluding hydrogens is 305 g/mol. The molecule has 0 spiro atoms. The van der Waals surface area contributed by atoms with Gasteiger partial charge in [0.2, 0.25) is 0 Å². The Morgan fingerprint density at radius 1 is 1.05 bits per heavy atom. The zero-order valence-corrected chi connectivity index (χ0v) is 12.0. The molecule has 110 valence electrons. The van der Waals surface area contributed by atoms with Gasteiger partial charge in [-0.05, 0) is 42.5 Å². The second kappa shape index (κ2) is 5.57. The Bertz CT molecular complexity index is 873. The Morgan fingerprint density at radius 3 is 2.45 bits per heavy atom. The van der Waals surface area contributed by atoms with E-state index in [4.69, 9.17) is 23.1 Å². The van der Waals surface area contributed by atoms with E-state index in [9.17, 15) is 4.39 Å². The highest BCUT2D eigenvalue weighted by atomic mass is 35.5. The van der Waals surface area contributed by atoms with Crippen molar-refractivity contribution in [1.29, 1.82) is 0 Å². The predicted molar refractivity (Wildman–Crippen MR) is 85.4 cm³/mol. The van der Waals surface area contributed by atoms with Crippen molar-refractivity contribution >= 4 is 34.4 Å². The SMILES string of the molecule is NC(N)=Nc1nc(-c2ccc(F)cc2)c2cc(Cl)ccc2n1. The molecule has 2 aromatic carbocycles. The van der Waals surface area contributed by atoms with E-state index >= 15 is 0 Å². The van der Waals surface area contributed by atoms with Crippen LogP contribution in [0.3, 0.4) is 0 Å². The summed E-state index contributed by atoms with van der Waals surface area (Å²) in [5.41, 5.74) is 12.7. The molecule has 7 heteroatoms. The number of aromatic nitrogens is 2. The van der Waals surface area contributed by atoms with Crippen molar-refractivity contribution in [2.45, 2.75) is 0 Å². The maximum atomic E-state index is 13.1. The van der Waals surface area contributed by atoms with Crippen LogP contribution in [0.25, 0.3) is 22.2 Å². The van der Waals surface area contributed by atoms with Crippen LogP contribution in [0.4, 0.5) is 10.3 Å².